The summed E-state index contributed by atoms with van der Waals surface area (Å²) in [4.78, 5) is 0. The fourth-order valence-electron chi connectivity index (χ4n) is 2.09. The van der Waals surface area contributed by atoms with E-state index in [1.165, 1.54) is 0 Å². The van der Waals surface area contributed by atoms with Crippen molar-refractivity contribution in [1.29, 1.82) is 0 Å². The first-order valence-electron chi connectivity index (χ1n) is 6.91. The molecule has 2 rings (SSSR count). The Kier molecular flexibility index (Phi) is 5.57. The average molecular weight is 386 g/mol. The summed E-state index contributed by atoms with van der Waals surface area (Å²) >= 11 is 0. The standard InChI is InChI=1S/C16H10F8O2/c17-11-5-9(4-10(6-11)15(19,20)21)14(25)26-7-8-2-1-3-12(13(8)18)16(22,23)24/h1-6,14,25H,7H2. The van der Waals surface area contributed by atoms with Gasteiger partial charge in [0.15, 0.2) is 6.29 Å². The second kappa shape index (κ2) is 7.20. The highest BCUT2D eigenvalue weighted by molar-refractivity contribution is 5.29. The number of aliphatic hydroxyl groups is 1. The monoisotopic (exact) mass is 386 g/mol. The number of ether oxygens (including phenoxy) is 1. The Bertz CT molecular complexity index is 783. The van der Waals surface area contributed by atoms with Crippen LogP contribution in [-0.2, 0) is 23.7 Å². The summed E-state index contributed by atoms with van der Waals surface area (Å²) in [6, 6.07) is 3.52. The molecule has 0 aliphatic carbocycles. The molecule has 0 bridgehead atoms. The molecule has 1 N–H and O–H groups in total. The molecule has 10 heteroatoms. The average Bonchev–Trinajstić information content (AvgIpc) is 2.51. The van der Waals surface area contributed by atoms with Crippen molar-refractivity contribution in [2.24, 2.45) is 0 Å². The molecule has 0 aromatic heterocycles. The third-order valence-corrected chi connectivity index (χ3v) is 3.31. The normalized spacial score (nSPS) is 13.7. The second-order valence-electron chi connectivity index (χ2n) is 5.21. The zero-order chi connectivity index (χ0) is 19.7. The molecule has 0 aliphatic heterocycles. The van der Waals surface area contributed by atoms with Crippen molar-refractivity contribution in [2.75, 3.05) is 0 Å². The van der Waals surface area contributed by atoms with Crippen molar-refractivity contribution in [3.8, 4) is 0 Å². The Morgan fingerprint density at radius 2 is 1.58 bits per heavy atom. The molecule has 2 aromatic carbocycles. The maximum atomic E-state index is 13.8. The van der Waals surface area contributed by atoms with Gasteiger partial charge in [0.1, 0.15) is 11.6 Å². The molecule has 2 nitrogen and oxygen atoms in total. The topological polar surface area (TPSA) is 29.5 Å². The molecule has 0 amide bonds. The highest BCUT2D eigenvalue weighted by Crippen LogP contribution is 2.34. The summed E-state index contributed by atoms with van der Waals surface area (Å²) in [5.41, 5.74) is -4.14. The lowest BCUT2D eigenvalue weighted by Gasteiger charge is -2.16. The molecule has 2 aromatic rings. The minimum Gasteiger partial charge on any atom is -0.364 e. The molecule has 0 aliphatic rings. The summed E-state index contributed by atoms with van der Waals surface area (Å²) in [6.07, 6.45) is -12.0. The van der Waals surface area contributed by atoms with E-state index < -0.39 is 59.1 Å². The minimum atomic E-state index is -4.96. The molecule has 0 radical (unpaired) electrons. The lowest BCUT2D eigenvalue weighted by atomic mass is 10.1. The zero-order valence-corrected chi connectivity index (χ0v) is 12.6. The number of benzene rings is 2. The van der Waals surface area contributed by atoms with Crippen LogP contribution in [0.3, 0.4) is 0 Å². The van der Waals surface area contributed by atoms with Gasteiger partial charge in [-0.05, 0) is 24.3 Å². The van der Waals surface area contributed by atoms with Crippen LogP contribution >= 0.6 is 0 Å². The Morgan fingerprint density at radius 1 is 0.923 bits per heavy atom. The Morgan fingerprint density at radius 3 is 2.15 bits per heavy atom. The highest BCUT2D eigenvalue weighted by Gasteiger charge is 2.35. The molecule has 0 saturated carbocycles. The van der Waals surface area contributed by atoms with Gasteiger partial charge in [-0.1, -0.05) is 12.1 Å². The van der Waals surface area contributed by atoms with Crippen LogP contribution in [0.2, 0.25) is 0 Å². The van der Waals surface area contributed by atoms with Crippen molar-refractivity contribution >= 4 is 0 Å². The van der Waals surface area contributed by atoms with Crippen LogP contribution in [0.1, 0.15) is 28.5 Å². The molecular formula is C16H10F8O2. The first-order valence-corrected chi connectivity index (χ1v) is 6.91. The molecule has 0 saturated heterocycles. The zero-order valence-electron chi connectivity index (χ0n) is 12.6. The van der Waals surface area contributed by atoms with E-state index in [4.69, 9.17) is 4.74 Å². The van der Waals surface area contributed by atoms with E-state index in [-0.39, 0.29) is 6.07 Å². The molecular weight excluding hydrogens is 376 g/mol. The van der Waals surface area contributed by atoms with Gasteiger partial charge < -0.3 is 9.84 Å². The van der Waals surface area contributed by atoms with Gasteiger partial charge in [0.2, 0.25) is 0 Å². The number of aliphatic hydroxyl groups excluding tert-OH is 1. The maximum Gasteiger partial charge on any atom is 0.419 e. The van der Waals surface area contributed by atoms with Crippen LogP contribution in [0, 0.1) is 11.6 Å². The van der Waals surface area contributed by atoms with Crippen LogP contribution in [0.25, 0.3) is 0 Å². The molecule has 0 heterocycles. The maximum absolute atomic E-state index is 13.8. The fraction of sp³-hybridized carbons (Fsp3) is 0.250. The molecule has 0 spiro atoms. The Balaban J connectivity index is 2.20. The SMILES string of the molecule is OC(OCc1cccc(C(F)(F)F)c1F)c1cc(F)cc(C(F)(F)F)c1. The predicted octanol–water partition coefficient (Wildman–Crippen LogP) is 5.21. The van der Waals surface area contributed by atoms with E-state index in [1.54, 1.807) is 0 Å². The number of hydrogen-bond acceptors (Lipinski definition) is 2. The van der Waals surface area contributed by atoms with Crippen LogP contribution in [0.15, 0.2) is 36.4 Å². The van der Waals surface area contributed by atoms with E-state index in [2.05, 4.69) is 0 Å². The number of rotatable bonds is 4. The van der Waals surface area contributed by atoms with Crippen LogP contribution in [0.4, 0.5) is 35.1 Å². The number of alkyl halides is 6. The summed E-state index contributed by atoms with van der Waals surface area (Å²) in [5, 5.41) is 9.72. The quantitative estimate of drug-likeness (QED) is 0.578. The van der Waals surface area contributed by atoms with Gasteiger partial charge in [0.25, 0.3) is 0 Å². The lowest BCUT2D eigenvalue weighted by molar-refractivity contribution is -0.140. The Hall–Kier alpha value is -2.20. The minimum absolute atomic E-state index is 0.197. The van der Waals surface area contributed by atoms with Crippen molar-refractivity contribution < 1.29 is 45.0 Å². The van der Waals surface area contributed by atoms with Crippen LogP contribution < -0.4 is 0 Å². The summed E-state index contributed by atoms with van der Waals surface area (Å²) < 4.78 is 108. The van der Waals surface area contributed by atoms with Crippen LogP contribution in [0.5, 0.6) is 0 Å². The second-order valence-corrected chi connectivity index (χ2v) is 5.21. The molecule has 26 heavy (non-hydrogen) atoms. The lowest BCUT2D eigenvalue weighted by Crippen LogP contribution is -2.12. The molecule has 142 valence electrons. The number of hydrogen-bond donors (Lipinski definition) is 1. The van der Waals surface area contributed by atoms with Gasteiger partial charge in [0.05, 0.1) is 17.7 Å². The highest BCUT2D eigenvalue weighted by atomic mass is 19.4. The van der Waals surface area contributed by atoms with Crippen molar-refractivity contribution in [3.05, 3.63) is 70.3 Å². The largest absolute Gasteiger partial charge is 0.419 e. The van der Waals surface area contributed by atoms with Gasteiger partial charge in [-0.15, -0.1) is 0 Å². The van der Waals surface area contributed by atoms with Crippen molar-refractivity contribution in [2.45, 2.75) is 25.2 Å². The summed E-state index contributed by atoms with van der Waals surface area (Å²) in [5.74, 6) is -2.94. The molecule has 1 atom stereocenters. The van der Waals surface area contributed by atoms with Gasteiger partial charge in [-0.3, -0.25) is 0 Å². The third-order valence-electron chi connectivity index (χ3n) is 3.31. The van der Waals surface area contributed by atoms with Crippen molar-refractivity contribution in [1.82, 2.24) is 0 Å². The molecule has 1 unspecified atom stereocenters. The van der Waals surface area contributed by atoms with E-state index >= 15 is 0 Å². The predicted molar refractivity (Wildman–Crippen MR) is 72.6 cm³/mol. The van der Waals surface area contributed by atoms with Crippen molar-refractivity contribution in [3.63, 3.8) is 0 Å². The van der Waals surface area contributed by atoms with E-state index in [9.17, 15) is 40.2 Å². The van der Waals surface area contributed by atoms with Gasteiger partial charge in [-0.2, -0.15) is 26.3 Å². The van der Waals surface area contributed by atoms with E-state index in [1.807, 2.05) is 0 Å². The summed E-state index contributed by atoms with van der Waals surface area (Å²) in [6.45, 7) is -0.880. The third kappa shape index (κ3) is 4.70. The van der Waals surface area contributed by atoms with Gasteiger partial charge in [-0.25, -0.2) is 8.78 Å². The summed E-state index contributed by atoms with van der Waals surface area (Å²) in [7, 11) is 0. The van der Waals surface area contributed by atoms with Gasteiger partial charge >= 0.3 is 12.4 Å². The first kappa shape index (κ1) is 20.1. The Labute approximate surface area is 141 Å². The molecule has 0 fully saturated rings. The van der Waals surface area contributed by atoms with E-state index in [0.717, 1.165) is 12.1 Å². The number of halogens is 8. The first-order chi connectivity index (χ1) is 11.9. The van der Waals surface area contributed by atoms with Crippen LogP contribution in [-0.4, -0.2) is 5.11 Å². The van der Waals surface area contributed by atoms with Gasteiger partial charge in [0, 0.05) is 11.1 Å². The smallest absolute Gasteiger partial charge is 0.364 e. The fourth-order valence-corrected chi connectivity index (χ4v) is 2.09. The van der Waals surface area contributed by atoms with E-state index in [0.29, 0.717) is 18.2 Å².